The quantitative estimate of drug-likeness (QED) is 0.867. The van der Waals surface area contributed by atoms with Crippen LogP contribution in [0.15, 0.2) is 27.1 Å². The van der Waals surface area contributed by atoms with E-state index in [0.29, 0.717) is 12.0 Å². The molecule has 0 unspecified atom stereocenters. The Hall–Kier alpha value is -0.800. The third-order valence-electron chi connectivity index (χ3n) is 3.58. The third kappa shape index (κ3) is 3.03. The normalized spacial score (nSPS) is 15.6. The van der Waals surface area contributed by atoms with Crippen molar-refractivity contribution in [1.82, 2.24) is 5.32 Å². The summed E-state index contributed by atoms with van der Waals surface area (Å²) in [7, 11) is 0. The van der Waals surface area contributed by atoms with Crippen molar-refractivity contribution < 1.29 is 4.42 Å². The van der Waals surface area contributed by atoms with Crippen LogP contribution in [-0.4, -0.2) is 6.04 Å². The van der Waals surface area contributed by atoms with Gasteiger partial charge in [0.1, 0.15) is 11.3 Å². The summed E-state index contributed by atoms with van der Waals surface area (Å²) in [5, 5.41) is 4.82. The molecule has 1 aromatic carbocycles. The first-order valence-corrected chi connectivity index (χ1v) is 7.86. The lowest BCUT2D eigenvalue weighted by atomic mass is 10.00. The van der Waals surface area contributed by atoms with Crippen LogP contribution >= 0.6 is 15.9 Å². The first-order valence-electron chi connectivity index (χ1n) is 7.06. The number of fused-ring (bicyclic) bond motifs is 1. The molecule has 1 N–H and O–H groups in total. The van der Waals surface area contributed by atoms with E-state index in [4.69, 9.17) is 4.42 Å². The second-order valence-corrected chi connectivity index (χ2v) is 6.81. The molecule has 0 aliphatic heterocycles. The van der Waals surface area contributed by atoms with Crippen molar-refractivity contribution in [2.24, 2.45) is 5.92 Å². The van der Waals surface area contributed by atoms with E-state index in [1.165, 1.54) is 23.8 Å². The van der Waals surface area contributed by atoms with Gasteiger partial charge in [-0.2, -0.15) is 0 Å². The van der Waals surface area contributed by atoms with Crippen LogP contribution in [0.5, 0.6) is 0 Å². The first-order chi connectivity index (χ1) is 9.13. The van der Waals surface area contributed by atoms with Crippen LogP contribution < -0.4 is 5.32 Å². The Balaban J connectivity index is 1.97. The molecule has 102 valence electrons. The van der Waals surface area contributed by atoms with Crippen molar-refractivity contribution in [1.29, 1.82) is 0 Å². The molecule has 1 heterocycles. The highest BCUT2D eigenvalue weighted by Crippen LogP contribution is 2.31. The van der Waals surface area contributed by atoms with E-state index in [1.54, 1.807) is 0 Å². The summed E-state index contributed by atoms with van der Waals surface area (Å²) in [5.74, 6) is 1.76. The molecule has 19 heavy (non-hydrogen) atoms. The van der Waals surface area contributed by atoms with Gasteiger partial charge in [-0.1, -0.05) is 29.8 Å². The molecule has 2 nitrogen and oxygen atoms in total. The summed E-state index contributed by atoms with van der Waals surface area (Å²) in [6.07, 6.45) is 3.70. The van der Waals surface area contributed by atoms with Gasteiger partial charge in [-0.05, 0) is 43.4 Å². The molecule has 2 aromatic rings. The minimum atomic E-state index is 0.638. The summed E-state index contributed by atoms with van der Waals surface area (Å²) in [6.45, 7) is 5.38. The molecule has 3 heteroatoms. The molecule has 0 spiro atoms. The van der Waals surface area contributed by atoms with Crippen molar-refractivity contribution in [3.05, 3.63) is 34.0 Å². The SMILES string of the molecule is CC(C)Cc1c(CNC2CC2)oc2ccc(Br)cc12. The minimum Gasteiger partial charge on any atom is -0.459 e. The third-order valence-corrected chi connectivity index (χ3v) is 4.07. The van der Waals surface area contributed by atoms with Gasteiger partial charge in [-0.25, -0.2) is 0 Å². The summed E-state index contributed by atoms with van der Waals surface area (Å²) >= 11 is 3.56. The van der Waals surface area contributed by atoms with Gasteiger partial charge in [0.2, 0.25) is 0 Å². The van der Waals surface area contributed by atoms with Crippen LogP contribution in [0.4, 0.5) is 0 Å². The Bertz CT molecular complexity index is 584. The molecule has 0 bridgehead atoms. The Morgan fingerprint density at radius 2 is 2.16 bits per heavy atom. The summed E-state index contributed by atoms with van der Waals surface area (Å²) in [5.41, 5.74) is 2.38. The number of nitrogens with one attached hydrogen (secondary N) is 1. The van der Waals surface area contributed by atoms with Crippen LogP contribution in [0, 0.1) is 5.92 Å². The predicted octanol–water partition coefficient (Wildman–Crippen LogP) is 4.65. The molecule has 1 aliphatic carbocycles. The summed E-state index contributed by atoms with van der Waals surface area (Å²) < 4.78 is 7.17. The van der Waals surface area contributed by atoms with E-state index in [9.17, 15) is 0 Å². The van der Waals surface area contributed by atoms with Gasteiger partial charge in [-0.3, -0.25) is 0 Å². The number of halogens is 1. The Kier molecular flexibility index (Phi) is 3.68. The number of rotatable bonds is 5. The topological polar surface area (TPSA) is 25.2 Å². The van der Waals surface area contributed by atoms with Crippen molar-refractivity contribution in [2.75, 3.05) is 0 Å². The monoisotopic (exact) mass is 321 g/mol. The minimum absolute atomic E-state index is 0.638. The molecule has 1 fully saturated rings. The smallest absolute Gasteiger partial charge is 0.134 e. The zero-order valence-corrected chi connectivity index (χ0v) is 13.1. The Morgan fingerprint density at radius 1 is 1.37 bits per heavy atom. The van der Waals surface area contributed by atoms with Gasteiger partial charge in [0.25, 0.3) is 0 Å². The fraction of sp³-hybridized carbons (Fsp3) is 0.500. The highest BCUT2D eigenvalue weighted by Gasteiger charge is 2.22. The fourth-order valence-electron chi connectivity index (χ4n) is 2.47. The average Bonchev–Trinajstić information content (AvgIpc) is 3.12. The van der Waals surface area contributed by atoms with Crippen LogP contribution in [0.25, 0.3) is 11.0 Å². The van der Waals surface area contributed by atoms with Crippen molar-refractivity contribution in [3.63, 3.8) is 0 Å². The van der Waals surface area contributed by atoms with Gasteiger partial charge < -0.3 is 9.73 Å². The molecule has 0 radical (unpaired) electrons. The fourth-order valence-corrected chi connectivity index (χ4v) is 2.83. The van der Waals surface area contributed by atoms with Gasteiger partial charge in [-0.15, -0.1) is 0 Å². The molecule has 1 aliphatic rings. The van der Waals surface area contributed by atoms with Gasteiger partial charge in [0.05, 0.1) is 6.54 Å². The molecular formula is C16H20BrNO. The maximum Gasteiger partial charge on any atom is 0.134 e. The van der Waals surface area contributed by atoms with Gasteiger partial charge in [0.15, 0.2) is 0 Å². The second kappa shape index (κ2) is 5.29. The molecule has 3 rings (SSSR count). The molecule has 1 saturated carbocycles. The number of benzene rings is 1. The largest absolute Gasteiger partial charge is 0.459 e. The van der Waals surface area contributed by atoms with E-state index < -0.39 is 0 Å². The van der Waals surface area contributed by atoms with Crippen molar-refractivity contribution in [3.8, 4) is 0 Å². The van der Waals surface area contributed by atoms with Crippen molar-refractivity contribution >= 4 is 26.9 Å². The average molecular weight is 322 g/mol. The van der Waals surface area contributed by atoms with Crippen LogP contribution in [0.1, 0.15) is 38.0 Å². The van der Waals surface area contributed by atoms with E-state index in [1.807, 2.05) is 6.07 Å². The first kappa shape index (κ1) is 13.2. The Morgan fingerprint density at radius 3 is 2.84 bits per heavy atom. The summed E-state index contributed by atoms with van der Waals surface area (Å²) in [4.78, 5) is 0. The van der Waals surface area contributed by atoms with Gasteiger partial charge >= 0.3 is 0 Å². The van der Waals surface area contributed by atoms with Gasteiger partial charge in [0, 0.05) is 21.5 Å². The van der Waals surface area contributed by atoms with Crippen LogP contribution in [-0.2, 0) is 13.0 Å². The van der Waals surface area contributed by atoms with Crippen LogP contribution in [0.2, 0.25) is 0 Å². The molecule has 0 saturated heterocycles. The Labute approximate surface area is 122 Å². The summed E-state index contributed by atoms with van der Waals surface area (Å²) in [6, 6.07) is 7.00. The zero-order chi connectivity index (χ0) is 13.4. The molecule has 0 amide bonds. The highest BCUT2D eigenvalue weighted by molar-refractivity contribution is 9.10. The lowest BCUT2D eigenvalue weighted by Crippen LogP contribution is -2.16. The van der Waals surface area contributed by atoms with E-state index >= 15 is 0 Å². The zero-order valence-electron chi connectivity index (χ0n) is 11.5. The van der Waals surface area contributed by atoms with E-state index in [2.05, 4.69) is 47.2 Å². The maximum atomic E-state index is 6.05. The van der Waals surface area contributed by atoms with Crippen molar-refractivity contribution in [2.45, 2.75) is 45.7 Å². The van der Waals surface area contributed by atoms with E-state index in [-0.39, 0.29) is 0 Å². The maximum absolute atomic E-state index is 6.05. The molecule has 0 atom stereocenters. The van der Waals surface area contributed by atoms with Crippen LogP contribution in [0.3, 0.4) is 0 Å². The molecule has 1 aromatic heterocycles. The standard InChI is InChI=1S/C16H20BrNO/c1-10(2)7-13-14-8-11(17)3-6-15(14)19-16(13)9-18-12-4-5-12/h3,6,8,10,12,18H,4-5,7,9H2,1-2H3. The second-order valence-electron chi connectivity index (χ2n) is 5.90. The van der Waals surface area contributed by atoms with E-state index in [0.717, 1.165) is 28.8 Å². The lowest BCUT2D eigenvalue weighted by Gasteiger charge is -2.07. The number of hydrogen-bond acceptors (Lipinski definition) is 2. The lowest BCUT2D eigenvalue weighted by molar-refractivity contribution is 0.500. The number of furan rings is 1. The highest BCUT2D eigenvalue weighted by atomic mass is 79.9. The predicted molar refractivity (Wildman–Crippen MR) is 82.3 cm³/mol. The molecular weight excluding hydrogens is 302 g/mol. The number of hydrogen-bond donors (Lipinski definition) is 1.